The molecule has 1 saturated heterocycles. The third-order valence-corrected chi connectivity index (χ3v) is 9.38. The molecule has 2 aromatic rings. The van der Waals surface area contributed by atoms with Crippen LogP contribution in [0.15, 0.2) is 48.5 Å². The first-order valence-corrected chi connectivity index (χ1v) is 15.8. The quantitative estimate of drug-likeness (QED) is 0.121. The van der Waals surface area contributed by atoms with Crippen LogP contribution in [-0.2, 0) is 9.59 Å². The molecular weight excluding hydrogens is 548 g/mol. The zero-order chi connectivity index (χ0) is 28.7. The van der Waals surface area contributed by atoms with Crippen molar-refractivity contribution in [2.75, 3.05) is 49.9 Å². The van der Waals surface area contributed by atoms with Crippen LogP contribution in [0.25, 0.3) is 0 Å². The predicted octanol–water partition coefficient (Wildman–Crippen LogP) is 2.67. The van der Waals surface area contributed by atoms with Gasteiger partial charge in [0.1, 0.15) is 0 Å². The Morgan fingerprint density at radius 3 is 1.85 bits per heavy atom. The monoisotopic (exact) mass is 586 g/mol. The number of nitrogens with zero attached hydrogens (tertiary/aromatic N) is 1. The van der Waals surface area contributed by atoms with Gasteiger partial charge in [-0.3, -0.25) is 19.2 Å². The Labute approximate surface area is 243 Å². The summed E-state index contributed by atoms with van der Waals surface area (Å²) in [6, 6.07) is 13.1. The molecule has 0 saturated carbocycles. The van der Waals surface area contributed by atoms with E-state index in [9.17, 15) is 19.2 Å². The number of hydrogen-bond acceptors (Lipinski definition) is 8. The lowest BCUT2D eigenvalue weighted by atomic mass is 10.1. The first-order chi connectivity index (χ1) is 19.3. The number of benzene rings is 2. The van der Waals surface area contributed by atoms with E-state index in [0.717, 1.165) is 19.3 Å². The van der Waals surface area contributed by atoms with Gasteiger partial charge in [0, 0.05) is 66.1 Å². The fourth-order valence-corrected chi connectivity index (χ4v) is 7.07. The average molecular weight is 587 g/mol. The van der Waals surface area contributed by atoms with E-state index in [-0.39, 0.29) is 56.4 Å². The van der Waals surface area contributed by atoms with Gasteiger partial charge in [-0.15, -0.1) is 0 Å². The predicted molar refractivity (Wildman–Crippen MR) is 163 cm³/mol. The Kier molecular flexibility index (Phi) is 13.0. The molecule has 1 atom stereocenters. The standard InChI is InChI=1S/C28H38N6O4S2/c29-22-9-5-20(6-10-22)27(37)31-14-16-34(17-15-32-28(38)21-7-11-23(30)12-8-21)26(36)19-33-25(35)4-2-1-3-24-13-18-39-40-24/h5-12,24H,1-4,13-19,29-30H2,(H,31,37)(H,32,38)(H,33,35). The second kappa shape index (κ2) is 16.7. The first kappa shape index (κ1) is 31.2. The van der Waals surface area contributed by atoms with E-state index in [1.165, 1.54) is 17.1 Å². The van der Waals surface area contributed by atoms with E-state index in [1.54, 1.807) is 48.5 Å². The average Bonchev–Trinajstić information content (AvgIpc) is 3.47. The zero-order valence-corrected chi connectivity index (χ0v) is 24.2. The highest BCUT2D eigenvalue weighted by atomic mass is 33.1. The van der Waals surface area contributed by atoms with Crippen LogP contribution < -0.4 is 27.4 Å². The second-order valence-corrected chi connectivity index (χ2v) is 12.3. The van der Waals surface area contributed by atoms with Crippen molar-refractivity contribution in [3.63, 3.8) is 0 Å². The molecule has 216 valence electrons. The highest BCUT2D eigenvalue weighted by Gasteiger charge is 2.18. The summed E-state index contributed by atoms with van der Waals surface area (Å²) in [5.41, 5.74) is 13.4. The number of anilines is 2. The lowest BCUT2D eigenvalue weighted by Crippen LogP contribution is -2.46. The van der Waals surface area contributed by atoms with Crippen LogP contribution in [-0.4, -0.2) is 72.3 Å². The summed E-state index contributed by atoms with van der Waals surface area (Å²) in [7, 11) is 3.85. The van der Waals surface area contributed by atoms with Crippen LogP contribution >= 0.6 is 21.6 Å². The van der Waals surface area contributed by atoms with Crippen molar-refractivity contribution in [1.29, 1.82) is 0 Å². The van der Waals surface area contributed by atoms with Gasteiger partial charge in [0.15, 0.2) is 0 Å². The molecule has 12 heteroatoms. The highest BCUT2D eigenvalue weighted by molar-refractivity contribution is 8.77. The Morgan fingerprint density at radius 1 is 0.800 bits per heavy atom. The Bertz CT molecular complexity index is 1060. The minimum absolute atomic E-state index is 0.147. The molecule has 0 aromatic heterocycles. The van der Waals surface area contributed by atoms with Gasteiger partial charge in [0.05, 0.1) is 6.54 Å². The number of nitrogens with two attached hydrogens (primary N) is 2. The Balaban J connectivity index is 1.45. The van der Waals surface area contributed by atoms with E-state index < -0.39 is 0 Å². The molecule has 0 spiro atoms. The largest absolute Gasteiger partial charge is 0.399 e. The first-order valence-electron chi connectivity index (χ1n) is 13.4. The van der Waals surface area contributed by atoms with E-state index in [2.05, 4.69) is 16.0 Å². The molecule has 3 rings (SSSR count). The molecule has 10 nitrogen and oxygen atoms in total. The Hall–Kier alpha value is -3.38. The van der Waals surface area contributed by atoms with Gasteiger partial charge in [-0.25, -0.2) is 0 Å². The number of amides is 4. The van der Waals surface area contributed by atoms with Crippen molar-refractivity contribution in [3.8, 4) is 0 Å². The molecule has 0 aliphatic carbocycles. The van der Waals surface area contributed by atoms with Crippen molar-refractivity contribution in [2.24, 2.45) is 0 Å². The highest BCUT2D eigenvalue weighted by Crippen LogP contribution is 2.39. The molecule has 1 heterocycles. The number of carbonyl (C=O) groups is 4. The van der Waals surface area contributed by atoms with Crippen LogP contribution in [0, 0.1) is 0 Å². The molecule has 0 bridgehead atoms. The molecule has 4 amide bonds. The van der Waals surface area contributed by atoms with Crippen molar-refractivity contribution < 1.29 is 19.2 Å². The molecule has 1 aliphatic rings. The van der Waals surface area contributed by atoms with Crippen LogP contribution in [0.1, 0.15) is 52.8 Å². The van der Waals surface area contributed by atoms with E-state index >= 15 is 0 Å². The van der Waals surface area contributed by atoms with Crippen molar-refractivity contribution in [3.05, 3.63) is 59.7 Å². The van der Waals surface area contributed by atoms with Gasteiger partial charge in [-0.2, -0.15) is 0 Å². The molecule has 1 aliphatic heterocycles. The SMILES string of the molecule is Nc1ccc(C(=O)NCCN(CCNC(=O)c2ccc(N)cc2)C(=O)CNC(=O)CCCCC2CCSS2)cc1. The molecule has 7 N–H and O–H groups in total. The van der Waals surface area contributed by atoms with Crippen LogP contribution in [0.3, 0.4) is 0 Å². The number of unbranched alkanes of at least 4 members (excludes halogenated alkanes) is 1. The topological polar surface area (TPSA) is 160 Å². The van der Waals surface area contributed by atoms with E-state index in [1.807, 2.05) is 21.6 Å². The van der Waals surface area contributed by atoms with Crippen LogP contribution in [0.2, 0.25) is 0 Å². The van der Waals surface area contributed by atoms with E-state index in [4.69, 9.17) is 11.5 Å². The van der Waals surface area contributed by atoms with E-state index in [0.29, 0.717) is 34.2 Å². The summed E-state index contributed by atoms with van der Waals surface area (Å²) < 4.78 is 0. The number of carbonyl (C=O) groups excluding carboxylic acids is 4. The van der Waals surface area contributed by atoms with Gasteiger partial charge < -0.3 is 32.3 Å². The third kappa shape index (κ3) is 11.0. The number of rotatable bonds is 15. The number of nitrogens with one attached hydrogen (secondary N) is 3. The normalized spacial score (nSPS) is 14.3. The lowest BCUT2D eigenvalue weighted by Gasteiger charge is -2.23. The minimum atomic E-state index is -0.295. The summed E-state index contributed by atoms with van der Waals surface area (Å²) in [4.78, 5) is 51.7. The maximum Gasteiger partial charge on any atom is 0.251 e. The molecule has 2 aromatic carbocycles. The summed E-state index contributed by atoms with van der Waals surface area (Å²) in [6.45, 7) is 0.679. The van der Waals surface area contributed by atoms with Gasteiger partial charge in [0.2, 0.25) is 11.8 Å². The summed E-state index contributed by atoms with van der Waals surface area (Å²) in [6.07, 6.45) is 4.51. The van der Waals surface area contributed by atoms with Gasteiger partial charge in [-0.05, 0) is 67.8 Å². The summed E-state index contributed by atoms with van der Waals surface area (Å²) in [5.74, 6) is 0.176. The summed E-state index contributed by atoms with van der Waals surface area (Å²) in [5, 5.41) is 8.98. The fraction of sp³-hybridized carbons (Fsp3) is 0.429. The number of nitrogen functional groups attached to an aromatic ring is 2. The van der Waals surface area contributed by atoms with Crippen molar-refractivity contribution >= 4 is 56.6 Å². The maximum atomic E-state index is 13.0. The Morgan fingerprint density at radius 2 is 1.35 bits per heavy atom. The maximum absolute atomic E-state index is 13.0. The fourth-order valence-electron chi connectivity index (χ4n) is 4.04. The lowest BCUT2D eigenvalue weighted by molar-refractivity contribution is -0.132. The van der Waals surface area contributed by atoms with Gasteiger partial charge in [0.25, 0.3) is 11.8 Å². The van der Waals surface area contributed by atoms with Crippen molar-refractivity contribution in [2.45, 2.75) is 37.4 Å². The third-order valence-electron chi connectivity index (χ3n) is 6.38. The second-order valence-electron chi connectivity index (χ2n) is 9.49. The molecular formula is C28H38N6O4S2. The molecule has 0 radical (unpaired) electrons. The molecule has 40 heavy (non-hydrogen) atoms. The molecule has 1 fully saturated rings. The summed E-state index contributed by atoms with van der Waals surface area (Å²) >= 11 is 0. The van der Waals surface area contributed by atoms with Gasteiger partial charge in [-0.1, -0.05) is 28.0 Å². The smallest absolute Gasteiger partial charge is 0.251 e. The molecule has 1 unspecified atom stereocenters. The number of hydrogen-bond donors (Lipinski definition) is 5. The van der Waals surface area contributed by atoms with Crippen LogP contribution in [0.4, 0.5) is 11.4 Å². The minimum Gasteiger partial charge on any atom is -0.399 e. The van der Waals surface area contributed by atoms with Crippen molar-refractivity contribution in [1.82, 2.24) is 20.9 Å². The zero-order valence-electron chi connectivity index (χ0n) is 22.5. The van der Waals surface area contributed by atoms with Gasteiger partial charge >= 0.3 is 0 Å². The van der Waals surface area contributed by atoms with Crippen LogP contribution in [0.5, 0.6) is 0 Å².